The van der Waals surface area contributed by atoms with Crippen molar-refractivity contribution in [2.24, 2.45) is 7.05 Å². The normalized spacial score (nSPS) is 11.0. The van der Waals surface area contributed by atoms with Crippen LogP contribution in [0.5, 0.6) is 0 Å². The zero-order valence-corrected chi connectivity index (χ0v) is 13.7. The van der Waals surface area contributed by atoms with E-state index in [2.05, 4.69) is 24.2 Å². The largest absolute Gasteiger partial charge is 0.383 e. The molecule has 0 fully saturated rings. The van der Waals surface area contributed by atoms with Crippen LogP contribution in [0.4, 0.5) is 5.82 Å². The molecule has 108 valence electrons. The predicted octanol–water partition coefficient (Wildman–Crippen LogP) is 4.67. The molecule has 3 rings (SSSR count). The molecule has 0 atom stereocenters. The third-order valence-electron chi connectivity index (χ3n) is 3.62. The number of aromatic nitrogens is 2. The lowest BCUT2D eigenvalue weighted by Gasteiger charge is -2.07. The molecule has 3 nitrogen and oxygen atoms in total. The Balaban J connectivity index is 2.31. The van der Waals surface area contributed by atoms with Crippen LogP contribution >= 0.6 is 22.9 Å². The highest BCUT2D eigenvalue weighted by atomic mass is 35.5. The Hall–Kier alpha value is -1.78. The van der Waals surface area contributed by atoms with Crippen LogP contribution in [0.1, 0.15) is 11.1 Å². The van der Waals surface area contributed by atoms with Crippen LogP contribution in [-0.4, -0.2) is 9.78 Å². The maximum absolute atomic E-state index is 6.42. The van der Waals surface area contributed by atoms with Gasteiger partial charge < -0.3 is 5.73 Å². The Morgan fingerprint density at radius 3 is 2.52 bits per heavy atom. The van der Waals surface area contributed by atoms with Crippen molar-refractivity contribution in [2.45, 2.75) is 13.8 Å². The molecular weight excluding hydrogens is 302 g/mol. The molecule has 2 N–H and O–H groups in total. The van der Waals surface area contributed by atoms with E-state index >= 15 is 0 Å². The molecule has 1 aromatic carbocycles. The average molecular weight is 318 g/mol. The van der Waals surface area contributed by atoms with E-state index in [1.54, 1.807) is 16.0 Å². The second-order valence-corrected chi connectivity index (χ2v) is 6.37. The van der Waals surface area contributed by atoms with Crippen molar-refractivity contribution in [3.63, 3.8) is 0 Å². The lowest BCUT2D eigenvalue weighted by Crippen LogP contribution is -1.98. The first kappa shape index (κ1) is 14.2. The number of nitrogens with zero attached hydrogens (tertiary/aromatic N) is 2. The summed E-state index contributed by atoms with van der Waals surface area (Å²) in [5.74, 6) is 0.654. The first-order chi connectivity index (χ1) is 10.0. The van der Waals surface area contributed by atoms with Crippen molar-refractivity contribution in [3.05, 3.63) is 45.8 Å². The number of rotatable bonds is 2. The van der Waals surface area contributed by atoms with Crippen molar-refractivity contribution in [1.29, 1.82) is 0 Å². The number of hydrogen-bond donors (Lipinski definition) is 1. The molecule has 3 aromatic rings. The van der Waals surface area contributed by atoms with E-state index in [1.165, 1.54) is 5.56 Å². The zero-order valence-electron chi connectivity index (χ0n) is 12.1. The Bertz CT molecular complexity index is 817. The molecule has 0 saturated heterocycles. The summed E-state index contributed by atoms with van der Waals surface area (Å²) in [6.45, 7) is 4.08. The monoisotopic (exact) mass is 317 g/mol. The fourth-order valence-corrected chi connectivity index (χ4v) is 3.68. The molecule has 0 amide bonds. The summed E-state index contributed by atoms with van der Waals surface area (Å²) in [6, 6.07) is 8.18. The van der Waals surface area contributed by atoms with Gasteiger partial charge in [-0.2, -0.15) is 5.10 Å². The van der Waals surface area contributed by atoms with E-state index in [0.29, 0.717) is 5.82 Å². The summed E-state index contributed by atoms with van der Waals surface area (Å²) >= 11 is 8.03. The van der Waals surface area contributed by atoms with Crippen LogP contribution in [0, 0.1) is 13.8 Å². The number of aryl methyl sites for hydroxylation is 3. The number of anilines is 1. The standard InChI is InChI=1S/C16H16ClN3S/c1-9-6-4-5-7-11(9)12-14(19-20(3)16(12)18)15-13(17)10(2)8-21-15/h4-8H,18H2,1-3H3. The molecule has 0 unspecified atom stereocenters. The molecule has 0 spiro atoms. The SMILES string of the molecule is Cc1ccccc1-c1c(-c2scc(C)c2Cl)nn(C)c1N. The average Bonchev–Trinajstić information content (AvgIpc) is 2.93. The Kier molecular flexibility index (Phi) is 3.51. The van der Waals surface area contributed by atoms with Crippen LogP contribution in [0.3, 0.4) is 0 Å². The third kappa shape index (κ3) is 2.24. The second kappa shape index (κ2) is 5.20. The molecule has 2 heterocycles. The number of thiophene rings is 1. The molecular formula is C16H16ClN3S. The number of nitrogens with two attached hydrogens (primary N) is 1. The van der Waals surface area contributed by atoms with Gasteiger partial charge in [0.05, 0.1) is 15.5 Å². The molecule has 21 heavy (non-hydrogen) atoms. The van der Waals surface area contributed by atoms with Crippen LogP contribution in [0.25, 0.3) is 21.7 Å². The van der Waals surface area contributed by atoms with Crippen molar-refractivity contribution in [3.8, 4) is 21.7 Å². The van der Waals surface area contributed by atoms with Crippen LogP contribution in [0.15, 0.2) is 29.6 Å². The minimum absolute atomic E-state index is 0.654. The first-order valence-corrected chi connectivity index (χ1v) is 7.89. The zero-order chi connectivity index (χ0) is 15.1. The Morgan fingerprint density at radius 2 is 1.90 bits per heavy atom. The minimum Gasteiger partial charge on any atom is -0.383 e. The van der Waals surface area contributed by atoms with Gasteiger partial charge in [0.2, 0.25) is 0 Å². The highest BCUT2D eigenvalue weighted by Gasteiger charge is 2.22. The molecule has 0 radical (unpaired) electrons. The van der Waals surface area contributed by atoms with Crippen LogP contribution in [-0.2, 0) is 7.05 Å². The maximum atomic E-state index is 6.42. The molecule has 0 aliphatic rings. The Labute approximate surface area is 133 Å². The third-order valence-corrected chi connectivity index (χ3v) is 5.32. The van der Waals surface area contributed by atoms with Gasteiger partial charge in [-0.25, -0.2) is 0 Å². The van der Waals surface area contributed by atoms with Crippen molar-refractivity contribution >= 4 is 28.8 Å². The molecule has 0 aliphatic heterocycles. The van der Waals surface area contributed by atoms with Gasteiger partial charge in [-0.15, -0.1) is 11.3 Å². The lowest BCUT2D eigenvalue weighted by atomic mass is 9.99. The fraction of sp³-hybridized carbons (Fsp3) is 0.188. The van der Waals surface area contributed by atoms with Gasteiger partial charge in [-0.05, 0) is 35.9 Å². The molecule has 0 bridgehead atoms. The van der Waals surface area contributed by atoms with Gasteiger partial charge in [-0.1, -0.05) is 35.9 Å². The first-order valence-electron chi connectivity index (χ1n) is 6.63. The van der Waals surface area contributed by atoms with Gasteiger partial charge in [0, 0.05) is 7.05 Å². The quantitative estimate of drug-likeness (QED) is 0.746. The smallest absolute Gasteiger partial charge is 0.129 e. The summed E-state index contributed by atoms with van der Waals surface area (Å²) in [4.78, 5) is 0.972. The predicted molar refractivity (Wildman–Crippen MR) is 90.9 cm³/mol. The van der Waals surface area contributed by atoms with Crippen LogP contribution in [0.2, 0.25) is 5.02 Å². The minimum atomic E-state index is 0.654. The fourth-order valence-electron chi connectivity index (χ4n) is 2.40. The lowest BCUT2D eigenvalue weighted by molar-refractivity contribution is 0.783. The van der Waals surface area contributed by atoms with E-state index in [4.69, 9.17) is 17.3 Å². The number of benzene rings is 1. The highest BCUT2D eigenvalue weighted by Crippen LogP contribution is 2.43. The van der Waals surface area contributed by atoms with E-state index in [-0.39, 0.29) is 0 Å². The molecule has 5 heteroatoms. The molecule has 2 aromatic heterocycles. The highest BCUT2D eigenvalue weighted by molar-refractivity contribution is 7.14. The van der Waals surface area contributed by atoms with E-state index in [1.807, 2.05) is 31.5 Å². The summed E-state index contributed by atoms with van der Waals surface area (Å²) in [5, 5.41) is 7.39. The molecule has 0 aliphatic carbocycles. The number of halogens is 1. The number of hydrogen-bond acceptors (Lipinski definition) is 3. The van der Waals surface area contributed by atoms with Crippen LogP contribution < -0.4 is 5.73 Å². The topological polar surface area (TPSA) is 43.8 Å². The van der Waals surface area contributed by atoms with Gasteiger partial charge in [0.15, 0.2) is 0 Å². The molecule has 0 saturated carbocycles. The van der Waals surface area contributed by atoms with Gasteiger partial charge >= 0.3 is 0 Å². The summed E-state index contributed by atoms with van der Waals surface area (Å²) in [5.41, 5.74) is 11.4. The second-order valence-electron chi connectivity index (χ2n) is 5.11. The summed E-state index contributed by atoms with van der Waals surface area (Å²) in [7, 11) is 1.86. The van der Waals surface area contributed by atoms with E-state index in [9.17, 15) is 0 Å². The van der Waals surface area contributed by atoms with E-state index in [0.717, 1.165) is 32.3 Å². The van der Waals surface area contributed by atoms with Gasteiger partial charge in [0.1, 0.15) is 11.5 Å². The number of nitrogen functional groups attached to an aromatic ring is 1. The van der Waals surface area contributed by atoms with Crippen molar-refractivity contribution in [1.82, 2.24) is 9.78 Å². The van der Waals surface area contributed by atoms with Crippen molar-refractivity contribution < 1.29 is 0 Å². The van der Waals surface area contributed by atoms with Crippen molar-refractivity contribution in [2.75, 3.05) is 5.73 Å². The summed E-state index contributed by atoms with van der Waals surface area (Å²) < 4.78 is 1.71. The summed E-state index contributed by atoms with van der Waals surface area (Å²) in [6.07, 6.45) is 0. The Morgan fingerprint density at radius 1 is 1.19 bits per heavy atom. The van der Waals surface area contributed by atoms with E-state index < -0.39 is 0 Å². The van der Waals surface area contributed by atoms with Gasteiger partial charge in [0.25, 0.3) is 0 Å². The maximum Gasteiger partial charge on any atom is 0.129 e. The van der Waals surface area contributed by atoms with Gasteiger partial charge in [-0.3, -0.25) is 4.68 Å².